The van der Waals surface area contributed by atoms with Crippen LogP contribution >= 0.6 is 0 Å². The molecule has 0 radical (unpaired) electrons. The van der Waals surface area contributed by atoms with E-state index in [2.05, 4.69) is 27.8 Å². The van der Waals surface area contributed by atoms with Crippen LogP contribution in [0.4, 0.5) is 0 Å². The van der Waals surface area contributed by atoms with Gasteiger partial charge >= 0.3 is 0 Å². The molecule has 0 spiro atoms. The third-order valence-electron chi connectivity index (χ3n) is 3.65. The van der Waals surface area contributed by atoms with E-state index in [0.717, 1.165) is 25.9 Å². The maximum Gasteiger partial charge on any atom is 0.0900 e. The van der Waals surface area contributed by atoms with E-state index in [1.807, 2.05) is 13.1 Å². The molecule has 0 aliphatic carbocycles. The standard InChI is InChI=1S/C14H25N3O2/c1-3-19-11-14(18)10-16-6-4-13(5-7-16)17-9-12(2)8-15-17/h8-9,13-14,18H,3-7,10-11H2,1-2H3/t14-/m1/s1. The van der Waals surface area contributed by atoms with Crippen LogP contribution in [0.1, 0.15) is 31.4 Å². The number of likely N-dealkylation sites (tertiary alicyclic amines) is 1. The minimum atomic E-state index is -0.372. The SMILES string of the molecule is CCOC[C@H](O)CN1CCC(n2cc(C)cn2)CC1. The molecule has 2 heterocycles. The van der Waals surface area contributed by atoms with E-state index in [1.165, 1.54) is 5.56 Å². The topological polar surface area (TPSA) is 50.5 Å². The molecule has 1 aromatic rings. The van der Waals surface area contributed by atoms with Gasteiger partial charge in [-0.05, 0) is 32.3 Å². The van der Waals surface area contributed by atoms with Crippen molar-refractivity contribution < 1.29 is 9.84 Å². The summed E-state index contributed by atoms with van der Waals surface area (Å²) < 4.78 is 7.33. The van der Waals surface area contributed by atoms with Gasteiger partial charge in [0.15, 0.2) is 0 Å². The Bertz CT molecular complexity index is 373. The zero-order valence-electron chi connectivity index (χ0n) is 12.0. The summed E-state index contributed by atoms with van der Waals surface area (Å²) in [7, 11) is 0. The molecule has 0 amide bonds. The van der Waals surface area contributed by atoms with Crippen molar-refractivity contribution in [1.29, 1.82) is 0 Å². The van der Waals surface area contributed by atoms with Crippen molar-refractivity contribution in [3.8, 4) is 0 Å². The van der Waals surface area contributed by atoms with Gasteiger partial charge in [-0.2, -0.15) is 5.10 Å². The number of rotatable bonds is 6. The fourth-order valence-electron chi connectivity index (χ4n) is 2.60. The molecule has 0 aromatic carbocycles. The predicted octanol–water partition coefficient (Wildman–Crippen LogP) is 1.23. The van der Waals surface area contributed by atoms with Crippen LogP contribution in [0.15, 0.2) is 12.4 Å². The van der Waals surface area contributed by atoms with E-state index in [4.69, 9.17) is 4.74 Å². The fraction of sp³-hybridized carbons (Fsp3) is 0.786. The number of aryl methyl sites for hydroxylation is 1. The molecule has 108 valence electrons. The summed E-state index contributed by atoms with van der Waals surface area (Å²) in [5, 5.41) is 14.2. The van der Waals surface area contributed by atoms with E-state index in [1.54, 1.807) is 0 Å². The average molecular weight is 267 g/mol. The van der Waals surface area contributed by atoms with E-state index in [0.29, 0.717) is 25.8 Å². The maximum atomic E-state index is 9.83. The number of aliphatic hydroxyl groups is 1. The Hall–Kier alpha value is -0.910. The van der Waals surface area contributed by atoms with E-state index in [-0.39, 0.29) is 6.10 Å². The van der Waals surface area contributed by atoms with Crippen molar-refractivity contribution in [2.45, 2.75) is 38.8 Å². The third-order valence-corrected chi connectivity index (χ3v) is 3.65. The third kappa shape index (κ3) is 4.30. The minimum Gasteiger partial charge on any atom is -0.389 e. The van der Waals surface area contributed by atoms with Crippen LogP contribution in [-0.4, -0.2) is 58.7 Å². The monoisotopic (exact) mass is 267 g/mol. The Balaban J connectivity index is 1.73. The van der Waals surface area contributed by atoms with Gasteiger partial charge in [0.25, 0.3) is 0 Å². The quantitative estimate of drug-likeness (QED) is 0.842. The van der Waals surface area contributed by atoms with Crippen molar-refractivity contribution in [3.05, 3.63) is 18.0 Å². The smallest absolute Gasteiger partial charge is 0.0900 e. The number of hydrogen-bond donors (Lipinski definition) is 1. The number of ether oxygens (including phenoxy) is 1. The van der Waals surface area contributed by atoms with Gasteiger partial charge in [0.1, 0.15) is 0 Å². The van der Waals surface area contributed by atoms with Crippen LogP contribution in [0.25, 0.3) is 0 Å². The molecule has 0 unspecified atom stereocenters. The summed E-state index contributed by atoms with van der Waals surface area (Å²) in [5.41, 5.74) is 1.22. The normalized spacial score (nSPS) is 19.7. The molecule has 2 rings (SSSR count). The predicted molar refractivity (Wildman–Crippen MR) is 74.2 cm³/mol. The first-order valence-corrected chi connectivity index (χ1v) is 7.18. The molecule has 5 nitrogen and oxygen atoms in total. The van der Waals surface area contributed by atoms with Crippen molar-refractivity contribution in [1.82, 2.24) is 14.7 Å². The van der Waals surface area contributed by atoms with E-state index >= 15 is 0 Å². The largest absolute Gasteiger partial charge is 0.389 e. The lowest BCUT2D eigenvalue weighted by Gasteiger charge is -2.33. The van der Waals surface area contributed by atoms with Gasteiger partial charge < -0.3 is 14.7 Å². The summed E-state index contributed by atoms with van der Waals surface area (Å²) in [6.45, 7) is 7.88. The molecule has 1 saturated heterocycles. The number of piperidine rings is 1. The number of β-amino-alcohol motifs (C(OH)–C–C–N with tert-alkyl or cyclic N) is 1. The van der Waals surface area contributed by atoms with Gasteiger partial charge in [-0.25, -0.2) is 0 Å². The van der Waals surface area contributed by atoms with Crippen LogP contribution in [0.5, 0.6) is 0 Å². The molecular weight excluding hydrogens is 242 g/mol. The number of nitrogens with zero attached hydrogens (tertiary/aromatic N) is 3. The highest BCUT2D eigenvalue weighted by Gasteiger charge is 2.22. The molecule has 1 aromatic heterocycles. The second-order valence-electron chi connectivity index (χ2n) is 5.34. The van der Waals surface area contributed by atoms with Crippen molar-refractivity contribution in [3.63, 3.8) is 0 Å². The lowest BCUT2D eigenvalue weighted by molar-refractivity contribution is 0.0147. The average Bonchev–Trinajstić information content (AvgIpc) is 2.84. The molecule has 0 bridgehead atoms. The highest BCUT2D eigenvalue weighted by Crippen LogP contribution is 2.22. The Labute approximate surface area is 115 Å². The summed E-state index contributed by atoms with van der Waals surface area (Å²) in [4.78, 5) is 2.32. The Kier molecular flexibility index (Phi) is 5.36. The fourth-order valence-corrected chi connectivity index (χ4v) is 2.60. The molecule has 0 saturated carbocycles. The van der Waals surface area contributed by atoms with Gasteiger partial charge in [0, 0.05) is 32.4 Å². The molecule has 5 heteroatoms. The van der Waals surface area contributed by atoms with E-state index in [9.17, 15) is 5.11 Å². The lowest BCUT2D eigenvalue weighted by atomic mass is 10.0. The van der Waals surface area contributed by atoms with Gasteiger partial charge in [0.2, 0.25) is 0 Å². The molecular formula is C14H25N3O2. The number of hydrogen-bond acceptors (Lipinski definition) is 4. The van der Waals surface area contributed by atoms with Crippen molar-refractivity contribution in [2.75, 3.05) is 32.8 Å². The Morgan fingerprint density at radius 1 is 1.47 bits per heavy atom. The first-order chi connectivity index (χ1) is 9.19. The molecule has 1 aliphatic heterocycles. The summed E-state index contributed by atoms with van der Waals surface area (Å²) in [6.07, 6.45) is 5.86. The first-order valence-electron chi connectivity index (χ1n) is 7.18. The molecule has 1 aliphatic rings. The molecule has 1 N–H and O–H groups in total. The van der Waals surface area contributed by atoms with Crippen LogP contribution < -0.4 is 0 Å². The Morgan fingerprint density at radius 3 is 2.79 bits per heavy atom. The molecule has 1 atom stereocenters. The highest BCUT2D eigenvalue weighted by atomic mass is 16.5. The zero-order chi connectivity index (χ0) is 13.7. The first kappa shape index (κ1) is 14.5. The summed E-state index contributed by atoms with van der Waals surface area (Å²) >= 11 is 0. The van der Waals surface area contributed by atoms with Gasteiger partial charge in [0.05, 0.1) is 24.9 Å². The summed E-state index contributed by atoms with van der Waals surface area (Å²) in [6, 6.07) is 0.508. The second kappa shape index (κ2) is 7.03. The zero-order valence-corrected chi connectivity index (χ0v) is 12.0. The van der Waals surface area contributed by atoms with Gasteiger partial charge in [-0.3, -0.25) is 4.68 Å². The van der Waals surface area contributed by atoms with Crippen LogP contribution in [-0.2, 0) is 4.74 Å². The summed E-state index contributed by atoms with van der Waals surface area (Å²) in [5.74, 6) is 0. The lowest BCUT2D eigenvalue weighted by Crippen LogP contribution is -2.40. The minimum absolute atomic E-state index is 0.372. The van der Waals surface area contributed by atoms with Gasteiger partial charge in [-0.1, -0.05) is 0 Å². The second-order valence-corrected chi connectivity index (χ2v) is 5.34. The highest BCUT2D eigenvalue weighted by molar-refractivity contribution is 5.00. The van der Waals surface area contributed by atoms with Crippen molar-refractivity contribution >= 4 is 0 Å². The number of aliphatic hydroxyl groups excluding tert-OH is 1. The van der Waals surface area contributed by atoms with Crippen LogP contribution in [0, 0.1) is 6.92 Å². The molecule has 19 heavy (non-hydrogen) atoms. The van der Waals surface area contributed by atoms with E-state index < -0.39 is 0 Å². The number of aromatic nitrogens is 2. The van der Waals surface area contributed by atoms with Crippen LogP contribution in [0.3, 0.4) is 0 Å². The van der Waals surface area contributed by atoms with Crippen molar-refractivity contribution in [2.24, 2.45) is 0 Å². The Morgan fingerprint density at radius 2 is 2.21 bits per heavy atom. The van der Waals surface area contributed by atoms with Gasteiger partial charge in [-0.15, -0.1) is 0 Å². The van der Waals surface area contributed by atoms with Crippen LogP contribution in [0.2, 0.25) is 0 Å². The molecule has 1 fully saturated rings. The maximum absolute atomic E-state index is 9.83.